The lowest BCUT2D eigenvalue weighted by molar-refractivity contribution is -0.147. The molecule has 0 aliphatic carbocycles. The molecule has 0 bridgehead atoms. The highest BCUT2D eigenvalue weighted by Gasteiger charge is 2.31. The van der Waals surface area contributed by atoms with Gasteiger partial charge in [-0.1, -0.05) is 12.1 Å². The minimum atomic E-state index is -4.43. The van der Waals surface area contributed by atoms with E-state index in [4.69, 9.17) is 0 Å². The minimum absolute atomic E-state index is 0.135. The van der Waals surface area contributed by atoms with Gasteiger partial charge in [0.05, 0.1) is 17.9 Å². The molecule has 1 aromatic carbocycles. The Morgan fingerprint density at radius 3 is 2.67 bits per heavy atom. The lowest BCUT2D eigenvalue weighted by Crippen LogP contribution is -2.44. The molecule has 3 N–H and O–H groups in total. The Morgan fingerprint density at radius 2 is 1.95 bits per heavy atom. The summed E-state index contributed by atoms with van der Waals surface area (Å²) >= 11 is 0. The molecule has 0 saturated carbocycles. The van der Waals surface area contributed by atoms with Gasteiger partial charge in [0.1, 0.15) is 11.9 Å². The van der Waals surface area contributed by atoms with Crippen LogP contribution in [0.15, 0.2) is 42.5 Å². The van der Waals surface area contributed by atoms with Gasteiger partial charge in [0.15, 0.2) is 0 Å². The van der Waals surface area contributed by atoms with Crippen LogP contribution in [0.1, 0.15) is 58.7 Å². The van der Waals surface area contributed by atoms with Crippen molar-refractivity contribution in [2.24, 2.45) is 0 Å². The number of carbonyl (C=O) groups is 2. The van der Waals surface area contributed by atoms with Gasteiger partial charge in [0, 0.05) is 30.0 Å². The molecule has 3 heterocycles. The standard InChI is InChI=1S/C30H37F3N6O3/c1-20-17-21(2)39(37-20)25-10-5-7-23(18-25)28(40)36-26(29(41)42)13-16-38(19-30(31,32)33)15-4-3-9-24-12-11-22-8-6-14-34-27(22)35-24/h5,7,10-12,17-18,26H,3-4,6,8-9,13-16,19H2,1-2H3,(H,34,35)(H,36,40)(H,41,42). The Labute approximate surface area is 243 Å². The van der Waals surface area contributed by atoms with Crippen LogP contribution in [0.5, 0.6) is 0 Å². The van der Waals surface area contributed by atoms with Crippen molar-refractivity contribution in [2.75, 3.05) is 31.5 Å². The van der Waals surface area contributed by atoms with Crippen LogP contribution in [0.3, 0.4) is 0 Å². The number of aliphatic carboxylic acids is 1. The molecule has 0 spiro atoms. The molecule has 3 aromatic rings. The highest BCUT2D eigenvalue weighted by molar-refractivity contribution is 5.97. The molecule has 12 heteroatoms. The Balaban J connectivity index is 1.32. The number of carboxylic acids is 1. The van der Waals surface area contributed by atoms with Crippen molar-refractivity contribution in [1.29, 1.82) is 0 Å². The van der Waals surface area contributed by atoms with Crippen molar-refractivity contribution in [3.8, 4) is 5.69 Å². The number of rotatable bonds is 13. The molecule has 0 fully saturated rings. The van der Waals surface area contributed by atoms with Gasteiger partial charge < -0.3 is 15.7 Å². The smallest absolute Gasteiger partial charge is 0.401 e. The predicted molar refractivity (Wildman–Crippen MR) is 153 cm³/mol. The van der Waals surface area contributed by atoms with Gasteiger partial charge in [-0.05, 0) is 94.8 Å². The lowest BCUT2D eigenvalue weighted by Gasteiger charge is -2.25. The Bertz CT molecular complexity index is 1390. The molecule has 1 amide bonds. The second kappa shape index (κ2) is 13.8. The molecule has 0 saturated heterocycles. The highest BCUT2D eigenvalue weighted by Crippen LogP contribution is 2.21. The summed E-state index contributed by atoms with van der Waals surface area (Å²) in [5, 5.41) is 19.9. The maximum atomic E-state index is 13.3. The molecule has 2 aromatic heterocycles. The van der Waals surface area contributed by atoms with Crippen molar-refractivity contribution < 1.29 is 27.9 Å². The number of carbonyl (C=O) groups excluding carboxylic acids is 1. The largest absolute Gasteiger partial charge is 0.480 e. The molecule has 1 aliphatic heterocycles. The third-order valence-corrected chi connectivity index (χ3v) is 7.21. The number of aromatic nitrogens is 3. The van der Waals surface area contributed by atoms with Crippen molar-refractivity contribution in [3.05, 3.63) is 70.7 Å². The molecule has 1 atom stereocenters. The summed E-state index contributed by atoms with van der Waals surface area (Å²) in [7, 11) is 0. The summed E-state index contributed by atoms with van der Waals surface area (Å²) in [6, 6.07) is 11.1. The third-order valence-electron chi connectivity index (χ3n) is 7.21. The zero-order valence-corrected chi connectivity index (χ0v) is 23.9. The third kappa shape index (κ3) is 8.78. The normalized spacial score (nSPS) is 13.9. The van der Waals surface area contributed by atoms with Crippen LogP contribution in [0.25, 0.3) is 5.69 Å². The quantitative estimate of drug-likeness (QED) is 0.249. The first-order valence-electron chi connectivity index (χ1n) is 14.2. The average molecular weight is 587 g/mol. The summed E-state index contributed by atoms with van der Waals surface area (Å²) in [4.78, 5) is 30.7. The molecule has 42 heavy (non-hydrogen) atoms. The van der Waals surface area contributed by atoms with Crippen LogP contribution >= 0.6 is 0 Å². The summed E-state index contributed by atoms with van der Waals surface area (Å²) < 4.78 is 41.6. The number of fused-ring (bicyclic) bond motifs is 1. The van der Waals surface area contributed by atoms with Crippen LogP contribution in [0, 0.1) is 13.8 Å². The number of carboxylic acid groups (broad SMARTS) is 1. The number of halogens is 3. The summed E-state index contributed by atoms with van der Waals surface area (Å²) in [6.07, 6.45) is -0.788. The topological polar surface area (TPSA) is 112 Å². The van der Waals surface area contributed by atoms with Gasteiger partial charge in [0.25, 0.3) is 5.91 Å². The first-order valence-corrected chi connectivity index (χ1v) is 14.2. The van der Waals surface area contributed by atoms with Crippen LogP contribution in [0.2, 0.25) is 0 Å². The summed E-state index contributed by atoms with van der Waals surface area (Å²) in [5.74, 6) is -1.05. The van der Waals surface area contributed by atoms with Crippen molar-refractivity contribution >= 4 is 17.7 Å². The predicted octanol–water partition coefficient (Wildman–Crippen LogP) is 4.70. The van der Waals surface area contributed by atoms with E-state index in [9.17, 15) is 27.9 Å². The average Bonchev–Trinajstić information content (AvgIpc) is 3.29. The number of anilines is 1. The molecule has 0 radical (unpaired) electrons. The van der Waals surface area contributed by atoms with E-state index in [1.807, 2.05) is 26.0 Å². The lowest BCUT2D eigenvalue weighted by atomic mass is 10.1. The number of amides is 1. The fourth-order valence-electron chi connectivity index (χ4n) is 5.15. The Kier molecular flexibility index (Phi) is 10.2. The van der Waals surface area contributed by atoms with E-state index >= 15 is 0 Å². The summed E-state index contributed by atoms with van der Waals surface area (Å²) in [5.41, 5.74) is 4.61. The van der Waals surface area contributed by atoms with Crippen molar-refractivity contribution in [3.63, 3.8) is 0 Å². The molecular formula is C30H37F3N6O3. The number of pyridine rings is 1. The molecule has 226 valence electrons. The Morgan fingerprint density at radius 1 is 1.14 bits per heavy atom. The highest BCUT2D eigenvalue weighted by atomic mass is 19.4. The second-order valence-corrected chi connectivity index (χ2v) is 10.7. The zero-order valence-electron chi connectivity index (χ0n) is 23.9. The van der Waals surface area contributed by atoms with E-state index in [1.54, 1.807) is 28.9 Å². The fraction of sp³-hybridized carbons (Fsp3) is 0.467. The number of benzene rings is 1. The van der Waals surface area contributed by atoms with Gasteiger partial charge in [-0.15, -0.1) is 0 Å². The fourth-order valence-corrected chi connectivity index (χ4v) is 5.15. The SMILES string of the molecule is Cc1cc(C)n(-c2cccc(C(=O)NC(CCN(CCCCc3ccc4c(n3)NCCC4)CC(F)(F)F)C(=O)O)c2)n1. The van der Waals surface area contributed by atoms with E-state index in [0.29, 0.717) is 24.9 Å². The molecule has 9 nitrogen and oxygen atoms in total. The minimum Gasteiger partial charge on any atom is -0.480 e. The number of alkyl halides is 3. The number of aryl methyl sites for hydroxylation is 4. The Hall–Kier alpha value is -3.93. The van der Waals surface area contributed by atoms with Gasteiger partial charge in [-0.2, -0.15) is 18.3 Å². The van der Waals surface area contributed by atoms with E-state index in [2.05, 4.69) is 26.8 Å². The van der Waals surface area contributed by atoms with E-state index < -0.39 is 30.6 Å². The number of nitrogens with one attached hydrogen (secondary N) is 2. The first-order chi connectivity index (χ1) is 20.0. The van der Waals surface area contributed by atoms with Crippen LogP contribution < -0.4 is 10.6 Å². The van der Waals surface area contributed by atoms with Gasteiger partial charge in [-0.25, -0.2) is 14.5 Å². The number of hydrogen-bond donors (Lipinski definition) is 3. The maximum Gasteiger partial charge on any atom is 0.401 e. The zero-order chi connectivity index (χ0) is 30.3. The van der Waals surface area contributed by atoms with E-state index in [0.717, 1.165) is 42.3 Å². The monoisotopic (exact) mass is 586 g/mol. The number of unbranched alkanes of at least 4 members (excludes halogenated alkanes) is 1. The molecule has 4 rings (SSSR count). The van der Waals surface area contributed by atoms with E-state index in [-0.39, 0.29) is 25.1 Å². The van der Waals surface area contributed by atoms with Crippen LogP contribution in [-0.4, -0.2) is 75.0 Å². The van der Waals surface area contributed by atoms with Gasteiger partial charge in [0.2, 0.25) is 0 Å². The van der Waals surface area contributed by atoms with E-state index in [1.165, 1.54) is 10.5 Å². The number of nitrogens with zero attached hydrogens (tertiary/aromatic N) is 4. The first kappa shape index (κ1) is 31.0. The van der Waals surface area contributed by atoms with Gasteiger partial charge in [-0.3, -0.25) is 9.69 Å². The molecule has 1 aliphatic rings. The maximum absolute atomic E-state index is 13.3. The van der Waals surface area contributed by atoms with Crippen molar-refractivity contribution in [2.45, 2.75) is 64.6 Å². The van der Waals surface area contributed by atoms with Gasteiger partial charge >= 0.3 is 12.1 Å². The molecular weight excluding hydrogens is 549 g/mol. The number of hydrogen-bond acceptors (Lipinski definition) is 6. The second-order valence-electron chi connectivity index (χ2n) is 10.7. The molecule has 1 unspecified atom stereocenters. The van der Waals surface area contributed by atoms with Crippen molar-refractivity contribution in [1.82, 2.24) is 25.0 Å². The van der Waals surface area contributed by atoms with Crippen LogP contribution in [0.4, 0.5) is 19.0 Å². The van der Waals surface area contributed by atoms with Crippen LogP contribution in [-0.2, 0) is 17.6 Å². The summed E-state index contributed by atoms with van der Waals surface area (Å²) in [6.45, 7) is 3.47.